The summed E-state index contributed by atoms with van der Waals surface area (Å²) in [6, 6.07) is 28.6. The predicted octanol–water partition coefficient (Wildman–Crippen LogP) is 5.99. The Morgan fingerprint density at radius 2 is 1.52 bits per heavy atom. The fourth-order valence-corrected chi connectivity index (χ4v) is 6.32. The van der Waals surface area contributed by atoms with Crippen LogP contribution < -0.4 is 5.32 Å². The van der Waals surface area contributed by atoms with Crippen molar-refractivity contribution < 1.29 is 9.59 Å². The van der Waals surface area contributed by atoms with Crippen molar-refractivity contribution in [1.29, 1.82) is 0 Å². The van der Waals surface area contributed by atoms with Gasteiger partial charge >= 0.3 is 11.8 Å². The van der Waals surface area contributed by atoms with Gasteiger partial charge in [0.05, 0.1) is 28.1 Å². The van der Waals surface area contributed by atoms with Crippen LogP contribution >= 0.6 is 27.3 Å². The summed E-state index contributed by atoms with van der Waals surface area (Å²) in [5.41, 5.74) is 4.55. The van der Waals surface area contributed by atoms with Gasteiger partial charge in [-0.25, -0.2) is 4.98 Å². The van der Waals surface area contributed by atoms with Gasteiger partial charge in [-0.1, -0.05) is 76.6 Å². The second kappa shape index (κ2) is 11.7. The Kier molecular flexibility index (Phi) is 7.68. The van der Waals surface area contributed by atoms with Gasteiger partial charge < -0.3 is 10.2 Å². The molecule has 0 bridgehead atoms. The molecule has 1 aliphatic rings. The highest BCUT2D eigenvalue weighted by atomic mass is 79.9. The molecule has 3 heterocycles. The summed E-state index contributed by atoms with van der Waals surface area (Å²) < 4.78 is 2.02. The zero-order valence-corrected chi connectivity index (χ0v) is 23.9. The lowest BCUT2D eigenvalue weighted by atomic mass is 9.96. The molecule has 0 aliphatic carbocycles. The van der Waals surface area contributed by atoms with Crippen LogP contribution in [0.3, 0.4) is 0 Å². The van der Waals surface area contributed by atoms with Crippen LogP contribution in [-0.2, 0) is 9.59 Å². The normalized spacial score (nSPS) is 14.0. The SMILES string of the molecule is O=C(Nc1cncc(-c2nc3cc(Br)ccc3s2)c1)C(=O)N1CCN(C(c2ccccc2)c2ccccc2)CC1. The number of anilines is 1. The Bertz CT molecular complexity index is 1610. The van der Waals surface area contributed by atoms with Crippen LogP contribution in [0.4, 0.5) is 5.69 Å². The summed E-state index contributed by atoms with van der Waals surface area (Å²) in [7, 11) is 0. The first-order chi connectivity index (χ1) is 19.5. The Hall–Kier alpha value is -3.92. The minimum atomic E-state index is -0.664. The van der Waals surface area contributed by atoms with Crippen LogP contribution in [0.1, 0.15) is 17.2 Å². The standard InChI is InChI=1S/C31H26BrN5O2S/c32-24-11-12-27-26(18-24)35-30(40-27)23-17-25(20-33-19-23)34-29(38)31(39)37-15-13-36(14-16-37)28(21-7-3-1-4-8-21)22-9-5-2-6-10-22/h1-12,17-20,28H,13-16H2,(H,34,38). The molecule has 2 aromatic heterocycles. The number of rotatable bonds is 5. The molecular weight excluding hydrogens is 586 g/mol. The summed E-state index contributed by atoms with van der Waals surface area (Å²) >= 11 is 5.03. The molecule has 2 amide bonds. The molecule has 0 spiro atoms. The van der Waals surface area contributed by atoms with Crippen LogP contribution in [0.2, 0.25) is 0 Å². The van der Waals surface area contributed by atoms with Gasteiger partial charge in [0.15, 0.2) is 0 Å². The third kappa shape index (κ3) is 5.67. The smallest absolute Gasteiger partial charge is 0.313 e. The number of piperazine rings is 1. The predicted molar refractivity (Wildman–Crippen MR) is 162 cm³/mol. The van der Waals surface area contributed by atoms with Gasteiger partial charge in [-0.05, 0) is 35.4 Å². The molecule has 6 rings (SSSR count). The maximum atomic E-state index is 13.1. The van der Waals surface area contributed by atoms with E-state index < -0.39 is 11.8 Å². The number of hydrogen-bond acceptors (Lipinski definition) is 6. The first kappa shape index (κ1) is 26.3. The summed E-state index contributed by atoms with van der Waals surface area (Å²) in [4.78, 5) is 39.0. The number of amides is 2. The molecule has 0 unspecified atom stereocenters. The van der Waals surface area contributed by atoms with E-state index in [0.29, 0.717) is 31.9 Å². The van der Waals surface area contributed by atoms with E-state index in [1.807, 2.05) is 30.3 Å². The fourth-order valence-electron chi connectivity index (χ4n) is 5.05. The topological polar surface area (TPSA) is 78.4 Å². The number of nitrogens with one attached hydrogen (secondary N) is 1. The first-order valence-electron chi connectivity index (χ1n) is 13.0. The van der Waals surface area contributed by atoms with Gasteiger partial charge in [-0.15, -0.1) is 11.3 Å². The lowest BCUT2D eigenvalue weighted by Gasteiger charge is -2.39. The van der Waals surface area contributed by atoms with E-state index >= 15 is 0 Å². The van der Waals surface area contributed by atoms with E-state index in [-0.39, 0.29) is 6.04 Å². The molecule has 1 saturated heterocycles. The molecule has 9 heteroatoms. The van der Waals surface area contributed by atoms with Crippen LogP contribution in [0.25, 0.3) is 20.8 Å². The quantitative estimate of drug-likeness (QED) is 0.247. The monoisotopic (exact) mass is 611 g/mol. The molecule has 1 fully saturated rings. The Morgan fingerprint density at radius 1 is 0.850 bits per heavy atom. The molecule has 0 radical (unpaired) electrons. The van der Waals surface area contributed by atoms with Crippen LogP contribution in [0.15, 0.2) is 102 Å². The van der Waals surface area contributed by atoms with Crippen LogP contribution in [0, 0.1) is 0 Å². The maximum Gasteiger partial charge on any atom is 0.313 e. The lowest BCUT2D eigenvalue weighted by Crippen LogP contribution is -2.52. The van der Waals surface area contributed by atoms with Crippen molar-refractivity contribution in [3.8, 4) is 10.6 Å². The molecule has 5 aromatic rings. The summed E-state index contributed by atoms with van der Waals surface area (Å²) in [6.45, 7) is 2.28. The van der Waals surface area contributed by atoms with E-state index in [2.05, 4.69) is 79.7 Å². The van der Waals surface area contributed by atoms with Crippen molar-refractivity contribution in [2.45, 2.75) is 6.04 Å². The minimum Gasteiger partial charge on any atom is -0.332 e. The van der Waals surface area contributed by atoms with E-state index in [1.54, 1.807) is 34.7 Å². The zero-order chi connectivity index (χ0) is 27.5. The Morgan fingerprint density at radius 3 is 2.20 bits per heavy atom. The molecule has 40 heavy (non-hydrogen) atoms. The van der Waals surface area contributed by atoms with Crippen LogP contribution in [0.5, 0.6) is 0 Å². The number of benzene rings is 3. The van der Waals surface area contributed by atoms with Crippen molar-refractivity contribution in [2.24, 2.45) is 0 Å². The van der Waals surface area contributed by atoms with Gasteiger partial charge in [0.25, 0.3) is 0 Å². The highest BCUT2D eigenvalue weighted by Gasteiger charge is 2.30. The Labute approximate surface area is 244 Å². The van der Waals surface area contributed by atoms with Crippen molar-refractivity contribution in [1.82, 2.24) is 19.8 Å². The molecule has 3 aromatic carbocycles. The summed E-state index contributed by atoms with van der Waals surface area (Å²) in [5.74, 6) is -1.20. The number of halogens is 1. The van der Waals surface area contributed by atoms with Gasteiger partial charge in [-0.2, -0.15) is 0 Å². The van der Waals surface area contributed by atoms with Gasteiger partial charge in [0, 0.05) is 42.4 Å². The highest BCUT2D eigenvalue weighted by molar-refractivity contribution is 9.10. The summed E-state index contributed by atoms with van der Waals surface area (Å²) in [5, 5.41) is 3.54. The van der Waals surface area contributed by atoms with Gasteiger partial charge in [0.2, 0.25) is 0 Å². The van der Waals surface area contributed by atoms with Crippen molar-refractivity contribution in [3.63, 3.8) is 0 Å². The lowest BCUT2D eigenvalue weighted by molar-refractivity contribution is -0.144. The van der Waals surface area contributed by atoms with E-state index in [0.717, 1.165) is 25.3 Å². The van der Waals surface area contributed by atoms with Gasteiger partial charge in [-0.3, -0.25) is 19.5 Å². The number of aromatic nitrogens is 2. The van der Waals surface area contributed by atoms with Crippen LogP contribution in [-0.4, -0.2) is 57.8 Å². The number of pyridine rings is 1. The highest BCUT2D eigenvalue weighted by Crippen LogP contribution is 2.32. The molecule has 1 N–H and O–H groups in total. The number of fused-ring (bicyclic) bond motifs is 1. The van der Waals surface area contributed by atoms with E-state index in [4.69, 9.17) is 4.98 Å². The van der Waals surface area contributed by atoms with Crippen molar-refractivity contribution >= 4 is 55.0 Å². The van der Waals surface area contributed by atoms with Crippen molar-refractivity contribution in [2.75, 3.05) is 31.5 Å². The minimum absolute atomic E-state index is 0.0888. The Balaban J connectivity index is 1.11. The second-order valence-corrected chi connectivity index (χ2v) is 11.5. The average molecular weight is 613 g/mol. The average Bonchev–Trinajstić information content (AvgIpc) is 3.42. The molecule has 0 atom stereocenters. The van der Waals surface area contributed by atoms with Crippen molar-refractivity contribution in [3.05, 3.63) is 113 Å². The third-order valence-electron chi connectivity index (χ3n) is 6.98. The van der Waals surface area contributed by atoms with E-state index in [9.17, 15) is 9.59 Å². The number of hydrogen-bond donors (Lipinski definition) is 1. The number of carbonyl (C=O) groups is 2. The third-order valence-corrected chi connectivity index (χ3v) is 8.56. The fraction of sp³-hybridized carbons (Fsp3) is 0.161. The number of nitrogens with zero attached hydrogens (tertiary/aromatic N) is 4. The van der Waals surface area contributed by atoms with Gasteiger partial charge in [0.1, 0.15) is 5.01 Å². The molecular formula is C31H26BrN5O2S. The summed E-state index contributed by atoms with van der Waals surface area (Å²) in [6.07, 6.45) is 3.25. The second-order valence-electron chi connectivity index (χ2n) is 9.60. The molecule has 1 aliphatic heterocycles. The zero-order valence-electron chi connectivity index (χ0n) is 21.5. The maximum absolute atomic E-state index is 13.1. The first-order valence-corrected chi connectivity index (χ1v) is 14.6. The molecule has 0 saturated carbocycles. The number of carbonyl (C=O) groups excluding carboxylic acids is 2. The van der Waals surface area contributed by atoms with E-state index in [1.165, 1.54) is 11.1 Å². The molecule has 200 valence electrons. The number of thiazole rings is 1. The largest absolute Gasteiger partial charge is 0.332 e. The molecule has 7 nitrogen and oxygen atoms in total.